The molecule has 6 N–H and O–H groups in total. The van der Waals surface area contributed by atoms with E-state index in [1.165, 1.54) is 26.3 Å². The summed E-state index contributed by atoms with van der Waals surface area (Å²) in [5.74, 6) is 0.268. The molecule has 0 aliphatic carbocycles. The molecule has 1 rings (SSSR count). The number of carbonyl (C=O) groups is 1. The van der Waals surface area contributed by atoms with Crippen molar-refractivity contribution in [3.05, 3.63) is 24.1 Å². The molecule has 5 atom stereocenters. The van der Waals surface area contributed by atoms with Crippen LogP contribution in [0.25, 0.3) is 0 Å². The molecular weight excluding hydrogens is 501 g/mol. The van der Waals surface area contributed by atoms with E-state index in [2.05, 4.69) is 16.7 Å². The smallest absolute Gasteiger partial charge is 0.405 e. The van der Waals surface area contributed by atoms with E-state index >= 15 is 0 Å². The predicted octanol–water partition coefficient (Wildman–Crippen LogP) is 0.926. The number of aliphatic hydroxyl groups excluding tert-OH is 2. The van der Waals surface area contributed by atoms with E-state index < -0.39 is 37.2 Å². The molecule has 35 heavy (non-hydrogen) atoms. The van der Waals surface area contributed by atoms with Gasteiger partial charge in [-0.2, -0.15) is 0 Å². The van der Waals surface area contributed by atoms with Crippen LogP contribution in [0, 0.1) is 5.41 Å². The molecule has 14 heteroatoms. The number of aliphatic imine (C=N–C) groups is 1. The van der Waals surface area contributed by atoms with Gasteiger partial charge in [0.1, 0.15) is 17.8 Å². The number of hydrogen-bond donors (Lipinski definition) is 5. The number of ether oxygens (including phenoxy) is 2. The lowest BCUT2D eigenvalue weighted by Gasteiger charge is -2.25. The molecule has 12 nitrogen and oxygen atoms in total. The number of nitrogens with two attached hydrogens (primary N) is 1. The molecule has 1 aliphatic heterocycles. The second-order valence-corrected chi connectivity index (χ2v) is 11.8. The minimum atomic E-state index is -3.90. The minimum absolute atomic E-state index is 0.0910. The lowest BCUT2D eigenvalue weighted by molar-refractivity contribution is -0.119. The third-order valence-electron chi connectivity index (χ3n) is 4.96. The highest BCUT2D eigenvalue weighted by Gasteiger charge is 2.52. The fourth-order valence-corrected chi connectivity index (χ4v) is 4.89. The molecule has 1 heterocycles. The Morgan fingerprint density at radius 1 is 1.43 bits per heavy atom. The van der Waals surface area contributed by atoms with Gasteiger partial charge in [-0.15, -0.1) is 0 Å². The fraction of sp³-hybridized carbons (Fsp3) is 0.714. The van der Waals surface area contributed by atoms with Crippen molar-refractivity contribution in [2.45, 2.75) is 51.7 Å². The molecule has 202 valence electrons. The summed E-state index contributed by atoms with van der Waals surface area (Å²) in [4.78, 5) is 16.2. The average Bonchev–Trinajstić information content (AvgIpc) is 3.02. The van der Waals surface area contributed by atoms with Crippen molar-refractivity contribution in [3.8, 4) is 0 Å². The molecular formula is C21H38N3O9PS. The zero-order chi connectivity index (χ0) is 26.9. The second-order valence-electron chi connectivity index (χ2n) is 8.87. The Labute approximate surface area is 210 Å². The van der Waals surface area contributed by atoms with E-state index in [0.29, 0.717) is 5.57 Å². The van der Waals surface area contributed by atoms with Gasteiger partial charge in [0, 0.05) is 24.6 Å². The number of thioether (sulfide) groups is 1. The number of methoxy groups -OCH3 is 1. The van der Waals surface area contributed by atoms with Crippen LogP contribution in [0.3, 0.4) is 0 Å². The Kier molecular flexibility index (Phi) is 12.6. The van der Waals surface area contributed by atoms with Crippen molar-refractivity contribution in [1.29, 1.82) is 0 Å². The van der Waals surface area contributed by atoms with Crippen LogP contribution in [0.15, 0.2) is 29.1 Å². The van der Waals surface area contributed by atoms with Crippen molar-refractivity contribution in [1.82, 2.24) is 5.09 Å². The first-order valence-electron chi connectivity index (χ1n) is 10.8. The number of rotatable bonds is 15. The highest BCUT2D eigenvalue weighted by molar-refractivity contribution is 8.13. The zero-order valence-electron chi connectivity index (χ0n) is 20.8. The van der Waals surface area contributed by atoms with Gasteiger partial charge in [-0.1, -0.05) is 23.9 Å². The van der Waals surface area contributed by atoms with Crippen molar-refractivity contribution in [3.63, 3.8) is 0 Å². The Bertz CT molecular complexity index is 835. The molecule has 1 saturated heterocycles. The fourth-order valence-electron chi connectivity index (χ4n) is 2.56. The quantitative estimate of drug-likeness (QED) is 0.0653. The Morgan fingerprint density at radius 3 is 2.66 bits per heavy atom. The average molecular weight is 540 g/mol. The first kappa shape index (κ1) is 31.7. The van der Waals surface area contributed by atoms with Crippen LogP contribution in [0.4, 0.5) is 0 Å². The highest BCUT2D eigenvalue weighted by atomic mass is 32.2. The van der Waals surface area contributed by atoms with Gasteiger partial charge in [-0.25, -0.2) is 9.65 Å². The molecule has 0 radical (unpaired) electrons. The Morgan fingerprint density at radius 2 is 2.09 bits per heavy atom. The first-order valence-corrected chi connectivity index (χ1v) is 13.4. The molecule has 0 amide bonds. The molecule has 0 bridgehead atoms. The van der Waals surface area contributed by atoms with Crippen molar-refractivity contribution in [2.24, 2.45) is 16.1 Å². The maximum Gasteiger partial charge on any atom is 0.405 e. The standard InChI is InChI=1S/C21H38N3O9PS/c1-14(2)11-24-34(29,31-9-10-35-19(27)20(3,4)13-25)32-12-15-17(26)21(5,28)18(33-15)23-8-7-16(22)30-6/h7-8,15,17-18,25-26,28H,1,9-13,22H2,2-6H3,(H,24,29)/t15-,17?,18-,21?,34?/m1/s1. The van der Waals surface area contributed by atoms with Crippen LogP contribution in [0.2, 0.25) is 0 Å². The topological polar surface area (TPSA) is 182 Å². The third kappa shape index (κ3) is 9.95. The highest BCUT2D eigenvalue weighted by Crippen LogP contribution is 2.45. The Balaban J connectivity index is 2.78. The van der Waals surface area contributed by atoms with E-state index in [-0.39, 0.29) is 43.1 Å². The summed E-state index contributed by atoms with van der Waals surface area (Å²) < 4.78 is 34.5. The molecule has 1 aliphatic rings. The SMILES string of the molecule is C=C(C)CNP(=O)(OCCSC(=O)C(C)(C)CO)OC[C@H]1O[C@@H](N=CC=C(N)OC)C(C)(O)C1O. The summed E-state index contributed by atoms with van der Waals surface area (Å²) in [7, 11) is -2.52. The summed E-state index contributed by atoms with van der Waals surface area (Å²) >= 11 is 0.946. The monoisotopic (exact) mass is 539 g/mol. The van der Waals surface area contributed by atoms with Gasteiger partial charge in [-0.05, 0) is 27.7 Å². The van der Waals surface area contributed by atoms with Gasteiger partial charge in [0.05, 0.1) is 32.3 Å². The molecule has 0 saturated carbocycles. The summed E-state index contributed by atoms with van der Waals surface area (Å²) in [5, 5.41) is 32.9. The first-order chi connectivity index (χ1) is 16.2. The third-order valence-corrected chi connectivity index (χ3v) is 7.70. The van der Waals surface area contributed by atoms with Crippen LogP contribution >= 0.6 is 19.5 Å². The number of nitrogens with zero attached hydrogens (tertiary/aromatic N) is 1. The van der Waals surface area contributed by atoms with Gasteiger partial charge in [0.25, 0.3) is 0 Å². The second kappa shape index (κ2) is 13.9. The summed E-state index contributed by atoms with van der Waals surface area (Å²) in [6, 6.07) is 0. The van der Waals surface area contributed by atoms with Gasteiger partial charge in [0.2, 0.25) is 0 Å². The normalized spacial score (nSPS) is 27.2. The van der Waals surface area contributed by atoms with E-state index in [1.807, 2.05) is 0 Å². The van der Waals surface area contributed by atoms with Crippen LogP contribution in [-0.2, 0) is 27.9 Å². The largest absolute Gasteiger partial charge is 0.483 e. The maximum absolute atomic E-state index is 13.2. The van der Waals surface area contributed by atoms with Crippen LogP contribution in [-0.4, -0.2) is 89.9 Å². The lowest BCUT2D eigenvalue weighted by Crippen LogP contribution is -2.45. The predicted molar refractivity (Wildman–Crippen MR) is 134 cm³/mol. The van der Waals surface area contributed by atoms with Gasteiger partial charge in [0.15, 0.2) is 17.2 Å². The maximum atomic E-state index is 13.2. The van der Waals surface area contributed by atoms with Crippen molar-refractivity contribution >= 4 is 30.8 Å². The van der Waals surface area contributed by atoms with E-state index in [9.17, 15) is 24.7 Å². The summed E-state index contributed by atoms with van der Waals surface area (Å²) in [6.45, 7) is 9.40. The van der Waals surface area contributed by atoms with E-state index in [1.54, 1.807) is 20.8 Å². The summed E-state index contributed by atoms with van der Waals surface area (Å²) in [5.41, 5.74) is 3.52. The number of hydrogen-bond acceptors (Lipinski definition) is 12. The summed E-state index contributed by atoms with van der Waals surface area (Å²) in [6.07, 6.45) is -0.998. The Hall–Kier alpha value is -1.28. The molecule has 3 unspecified atom stereocenters. The van der Waals surface area contributed by atoms with Gasteiger partial charge < -0.3 is 30.5 Å². The minimum Gasteiger partial charge on any atom is -0.483 e. The van der Waals surface area contributed by atoms with Crippen molar-refractivity contribution in [2.75, 3.05) is 39.2 Å². The van der Waals surface area contributed by atoms with E-state index in [4.69, 9.17) is 24.3 Å². The number of allylic oxidation sites excluding steroid dienone is 1. The lowest BCUT2D eigenvalue weighted by atomic mass is 9.97. The van der Waals surface area contributed by atoms with Crippen LogP contribution in [0.5, 0.6) is 0 Å². The number of carbonyl (C=O) groups excluding carboxylic acids is 1. The van der Waals surface area contributed by atoms with Crippen molar-refractivity contribution < 1.29 is 43.2 Å². The number of aliphatic hydroxyl groups is 3. The zero-order valence-corrected chi connectivity index (χ0v) is 22.5. The van der Waals surface area contributed by atoms with Crippen LogP contribution < -0.4 is 10.8 Å². The molecule has 1 fully saturated rings. The van der Waals surface area contributed by atoms with Gasteiger partial charge >= 0.3 is 7.75 Å². The molecule has 0 aromatic rings. The van der Waals surface area contributed by atoms with E-state index in [0.717, 1.165) is 11.8 Å². The molecule has 0 aromatic carbocycles. The molecule has 0 aromatic heterocycles. The molecule has 0 spiro atoms. The van der Waals surface area contributed by atoms with Gasteiger partial charge in [-0.3, -0.25) is 18.8 Å². The van der Waals surface area contributed by atoms with Crippen LogP contribution in [0.1, 0.15) is 27.7 Å². The number of nitrogens with one attached hydrogen (secondary N) is 1.